The van der Waals surface area contributed by atoms with E-state index in [1.54, 1.807) is 6.20 Å². The summed E-state index contributed by atoms with van der Waals surface area (Å²) in [7, 11) is 0. The van der Waals surface area contributed by atoms with Crippen LogP contribution in [-0.4, -0.2) is 21.9 Å². The molecule has 27 heavy (non-hydrogen) atoms. The fourth-order valence-corrected chi connectivity index (χ4v) is 3.43. The molecule has 0 fully saturated rings. The maximum atomic E-state index is 11.1. The van der Waals surface area contributed by atoms with E-state index >= 15 is 0 Å². The molecule has 1 atom stereocenters. The molecule has 1 aromatic heterocycles. The van der Waals surface area contributed by atoms with E-state index in [-0.39, 0.29) is 5.91 Å². The third-order valence-electron chi connectivity index (χ3n) is 4.56. The minimum absolute atomic E-state index is 0.0910. The Kier molecular flexibility index (Phi) is 4.46. The maximum Gasteiger partial charge on any atom is 0.229 e. The minimum atomic E-state index is -0.0910. The smallest absolute Gasteiger partial charge is 0.229 e. The summed E-state index contributed by atoms with van der Waals surface area (Å²) in [5.41, 5.74) is 4.15. The van der Waals surface area contributed by atoms with Gasteiger partial charge in [0.25, 0.3) is 0 Å². The van der Waals surface area contributed by atoms with Crippen LogP contribution in [0.5, 0.6) is 0 Å². The van der Waals surface area contributed by atoms with Crippen LogP contribution in [0.1, 0.15) is 19.4 Å². The zero-order valence-corrected chi connectivity index (χ0v) is 15.3. The van der Waals surface area contributed by atoms with E-state index in [0.29, 0.717) is 12.0 Å². The number of nitrogens with one attached hydrogen (secondary N) is 2. The Labute approximate surface area is 158 Å². The van der Waals surface area contributed by atoms with E-state index in [2.05, 4.69) is 51.7 Å². The average Bonchev–Trinajstić information content (AvgIpc) is 2.99. The Morgan fingerprint density at radius 3 is 2.59 bits per heavy atom. The second-order valence-corrected chi connectivity index (χ2v) is 6.67. The quantitative estimate of drug-likeness (QED) is 0.728. The number of carbonyl (C=O) groups is 1. The highest BCUT2D eigenvalue weighted by Gasteiger charge is 2.27. The van der Waals surface area contributed by atoms with Gasteiger partial charge in [-0.05, 0) is 55.3 Å². The predicted molar refractivity (Wildman–Crippen MR) is 108 cm³/mol. The largest absolute Gasteiger partial charge is 0.326 e. The Bertz CT molecular complexity index is 970. The number of hydrogen-bond donors (Lipinski definition) is 2. The van der Waals surface area contributed by atoms with Gasteiger partial charge in [-0.2, -0.15) is 4.98 Å². The van der Waals surface area contributed by atoms with Crippen LogP contribution in [-0.2, 0) is 11.2 Å². The standard InChI is InChI=1S/C21H21N5O/c1-14-13-16-5-3-4-6-19(16)26(14)20-11-12-22-21(25-20)24-18-9-7-17(8-10-18)23-15(2)27/h3-12,14H,13H2,1-2H3,(H,23,27)(H,22,24,25). The van der Waals surface area contributed by atoms with Crippen molar-refractivity contribution in [1.82, 2.24) is 9.97 Å². The van der Waals surface area contributed by atoms with Gasteiger partial charge in [0.1, 0.15) is 5.82 Å². The molecule has 0 spiro atoms. The number of carbonyl (C=O) groups excluding carboxylic acids is 1. The normalized spacial score (nSPS) is 15.3. The molecule has 3 aromatic rings. The van der Waals surface area contributed by atoms with Crippen molar-refractivity contribution in [3.8, 4) is 0 Å². The Morgan fingerprint density at radius 2 is 1.81 bits per heavy atom. The van der Waals surface area contributed by atoms with Gasteiger partial charge in [0.05, 0.1) is 0 Å². The van der Waals surface area contributed by atoms with Gasteiger partial charge in [0, 0.05) is 36.2 Å². The Morgan fingerprint density at radius 1 is 1.07 bits per heavy atom. The molecule has 2 heterocycles. The highest BCUT2D eigenvalue weighted by atomic mass is 16.1. The number of para-hydroxylation sites is 1. The monoisotopic (exact) mass is 359 g/mol. The molecule has 0 bridgehead atoms. The van der Waals surface area contributed by atoms with Crippen LogP contribution in [0.4, 0.5) is 28.8 Å². The summed E-state index contributed by atoms with van der Waals surface area (Å²) in [4.78, 5) is 22.4. The van der Waals surface area contributed by atoms with Gasteiger partial charge in [-0.25, -0.2) is 4.98 Å². The zero-order chi connectivity index (χ0) is 18.8. The second kappa shape index (κ2) is 7.07. The first-order valence-electron chi connectivity index (χ1n) is 8.95. The van der Waals surface area contributed by atoms with E-state index in [1.807, 2.05) is 30.3 Å². The molecule has 4 rings (SSSR count). The number of fused-ring (bicyclic) bond motifs is 1. The molecular formula is C21H21N5O. The lowest BCUT2D eigenvalue weighted by molar-refractivity contribution is -0.114. The molecule has 6 heteroatoms. The Hall–Kier alpha value is -3.41. The minimum Gasteiger partial charge on any atom is -0.326 e. The molecular weight excluding hydrogens is 338 g/mol. The highest BCUT2D eigenvalue weighted by molar-refractivity contribution is 5.88. The highest BCUT2D eigenvalue weighted by Crippen LogP contribution is 2.37. The van der Waals surface area contributed by atoms with E-state index in [1.165, 1.54) is 18.2 Å². The molecule has 0 saturated heterocycles. The van der Waals surface area contributed by atoms with Crippen molar-refractivity contribution in [1.29, 1.82) is 0 Å². The molecule has 1 unspecified atom stereocenters. The van der Waals surface area contributed by atoms with E-state index in [0.717, 1.165) is 23.6 Å². The second-order valence-electron chi connectivity index (χ2n) is 6.67. The summed E-state index contributed by atoms with van der Waals surface area (Å²) < 4.78 is 0. The van der Waals surface area contributed by atoms with Crippen LogP contribution in [0.25, 0.3) is 0 Å². The van der Waals surface area contributed by atoms with Crippen LogP contribution in [0.2, 0.25) is 0 Å². The van der Waals surface area contributed by atoms with Gasteiger partial charge < -0.3 is 15.5 Å². The summed E-state index contributed by atoms with van der Waals surface area (Å²) in [5, 5.41) is 5.98. The fourth-order valence-electron chi connectivity index (χ4n) is 3.43. The van der Waals surface area contributed by atoms with Crippen molar-refractivity contribution < 1.29 is 4.79 Å². The number of rotatable bonds is 4. The van der Waals surface area contributed by atoms with E-state index in [4.69, 9.17) is 4.98 Å². The molecule has 1 aliphatic heterocycles. The lowest BCUT2D eigenvalue weighted by Crippen LogP contribution is -2.25. The topological polar surface area (TPSA) is 70.2 Å². The van der Waals surface area contributed by atoms with Gasteiger partial charge in [-0.3, -0.25) is 4.79 Å². The van der Waals surface area contributed by atoms with Crippen molar-refractivity contribution in [2.75, 3.05) is 15.5 Å². The van der Waals surface area contributed by atoms with Gasteiger partial charge >= 0.3 is 0 Å². The van der Waals surface area contributed by atoms with Crippen molar-refractivity contribution in [2.45, 2.75) is 26.3 Å². The maximum absolute atomic E-state index is 11.1. The van der Waals surface area contributed by atoms with Crippen LogP contribution >= 0.6 is 0 Å². The van der Waals surface area contributed by atoms with Crippen LogP contribution in [0, 0.1) is 0 Å². The third-order valence-corrected chi connectivity index (χ3v) is 4.56. The predicted octanol–water partition coefficient (Wildman–Crippen LogP) is 4.26. The number of hydrogen-bond acceptors (Lipinski definition) is 5. The molecule has 1 aliphatic rings. The van der Waals surface area contributed by atoms with Gasteiger partial charge in [-0.15, -0.1) is 0 Å². The van der Waals surface area contributed by atoms with Crippen molar-refractivity contribution in [3.63, 3.8) is 0 Å². The van der Waals surface area contributed by atoms with Crippen molar-refractivity contribution >= 4 is 34.7 Å². The summed E-state index contributed by atoms with van der Waals surface area (Å²) >= 11 is 0. The lowest BCUT2D eigenvalue weighted by Gasteiger charge is -2.24. The first-order chi connectivity index (χ1) is 13.1. The van der Waals surface area contributed by atoms with Gasteiger partial charge in [0.2, 0.25) is 11.9 Å². The van der Waals surface area contributed by atoms with Crippen LogP contribution in [0.15, 0.2) is 60.8 Å². The molecule has 2 N–H and O–H groups in total. The SMILES string of the molecule is CC(=O)Nc1ccc(Nc2nccc(N3c4ccccc4CC3C)n2)cc1. The first kappa shape index (κ1) is 17.0. The molecule has 136 valence electrons. The van der Waals surface area contributed by atoms with Gasteiger partial charge in [0.15, 0.2) is 0 Å². The fraction of sp³-hybridized carbons (Fsp3) is 0.190. The van der Waals surface area contributed by atoms with Gasteiger partial charge in [-0.1, -0.05) is 18.2 Å². The number of amides is 1. The third kappa shape index (κ3) is 3.60. The average molecular weight is 359 g/mol. The number of nitrogens with zero attached hydrogens (tertiary/aromatic N) is 3. The summed E-state index contributed by atoms with van der Waals surface area (Å²) in [5.74, 6) is 1.32. The van der Waals surface area contributed by atoms with Crippen LogP contribution < -0.4 is 15.5 Å². The number of aromatic nitrogens is 2. The first-order valence-corrected chi connectivity index (χ1v) is 8.95. The van der Waals surface area contributed by atoms with Crippen molar-refractivity contribution in [3.05, 3.63) is 66.4 Å². The Balaban J connectivity index is 1.56. The number of anilines is 5. The molecule has 1 amide bonds. The lowest BCUT2D eigenvalue weighted by atomic mass is 10.1. The molecule has 0 saturated carbocycles. The number of benzene rings is 2. The summed E-state index contributed by atoms with van der Waals surface area (Å²) in [6.07, 6.45) is 2.78. The molecule has 2 aromatic carbocycles. The zero-order valence-electron chi connectivity index (χ0n) is 15.3. The molecule has 0 radical (unpaired) electrons. The van der Waals surface area contributed by atoms with Crippen LogP contribution in [0.3, 0.4) is 0 Å². The summed E-state index contributed by atoms with van der Waals surface area (Å²) in [6.45, 7) is 3.69. The molecule has 6 nitrogen and oxygen atoms in total. The van der Waals surface area contributed by atoms with E-state index in [9.17, 15) is 4.79 Å². The van der Waals surface area contributed by atoms with E-state index < -0.39 is 0 Å². The summed E-state index contributed by atoms with van der Waals surface area (Å²) in [6, 6.07) is 18.2. The molecule has 0 aliphatic carbocycles. The van der Waals surface area contributed by atoms with Crippen molar-refractivity contribution in [2.24, 2.45) is 0 Å².